The Morgan fingerprint density at radius 1 is 1.40 bits per heavy atom. The average Bonchev–Trinajstić information content (AvgIpc) is 2.46. The Morgan fingerprint density at radius 3 is 2.70 bits per heavy atom. The van der Waals surface area contributed by atoms with Gasteiger partial charge in [-0.15, -0.1) is 6.58 Å². The van der Waals surface area contributed by atoms with Crippen molar-refractivity contribution in [3.63, 3.8) is 0 Å². The van der Waals surface area contributed by atoms with Crippen molar-refractivity contribution in [3.8, 4) is 0 Å². The van der Waals surface area contributed by atoms with E-state index in [9.17, 15) is 13.2 Å². The first-order chi connectivity index (χ1) is 9.43. The molecular formula is C15H21NO3S. The van der Waals surface area contributed by atoms with E-state index in [1.165, 1.54) is 16.4 Å². The summed E-state index contributed by atoms with van der Waals surface area (Å²) in [4.78, 5) is 11.8. The van der Waals surface area contributed by atoms with Crippen LogP contribution < -0.4 is 0 Å². The number of hydrogen-bond acceptors (Lipinski definition) is 3. The summed E-state index contributed by atoms with van der Waals surface area (Å²) in [5.41, 5.74) is 0.438. The van der Waals surface area contributed by atoms with Gasteiger partial charge in [0, 0.05) is 25.6 Å². The average molecular weight is 295 g/mol. The third-order valence-corrected chi connectivity index (χ3v) is 4.92. The normalized spacial score (nSPS) is 11.6. The van der Waals surface area contributed by atoms with E-state index in [-0.39, 0.29) is 10.7 Å². The van der Waals surface area contributed by atoms with E-state index < -0.39 is 10.0 Å². The zero-order valence-corrected chi connectivity index (χ0v) is 12.8. The van der Waals surface area contributed by atoms with Crippen molar-refractivity contribution < 1.29 is 13.2 Å². The lowest BCUT2D eigenvalue weighted by Crippen LogP contribution is -2.28. The number of unbranched alkanes of at least 4 members (excludes halogenated alkanes) is 1. The van der Waals surface area contributed by atoms with Crippen molar-refractivity contribution in [2.24, 2.45) is 0 Å². The molecule has 0 aliphatic heterocycles. The summed E-state index contributed by atoms with van der Waals surface area (Å²) in [7, 11) is -1.99. The van der Waals surface area contributed by atoms with E-state index in [0.717, 1.165) is 12.8 Å². The van der Waals surface area contributed by atoms with Gasteiger partial charge >= 0.3 is 0 Å². The molecule has 0 amide bonds. The highest BCUT2D eigenvalue weighted by molar-refractivity contribution is 7.89. The molecule has 0 bridgehead atoms. The maximum absolute atomic E-state index is 12.4. The minimum Gasteiger partial charge on any atom is -0.294 e. The Bertz CT molecular complexity index is 579. The lowest BCUT2D eigenvalue weighted by Gasteiger charge is -2.17. The number of Topliss-reactive ketones (excluding diaryl/α,β-unsaturated/α-hetero) is 1. The van der Waals surface area contributed by atoms with E-state index in [1.807, 2.05) is 0 Å². The van der Waals surface area contributed by atoms with Crippen molar-refractivity contribution in [1.29, 1.82) is 0 Å². The first kappa shape index (κ1) is 16.6. The van der Waals surface area contributed by atoms with Crippen LogP contribution >= 0.6 is 0 Å². The first-order valence-corrected chi connectivity index (χ1v) is 8.08. The van der Waals surface area contributed by atoms with Gasteiger partial charge in [0.05, 0.1) is 4.90 Å². The minimum absolute atomic E-state index is 0.0589. The van der Waals surface area contributed by atoms with Crippen LogP contribution in [0.5, 0.6) is 0 Å². The first-order valence-electron chi connectivity index (χ1n) is 6.64. The number of rotatable bonds is 8. The van der Waals surface area contributed by atoms with E-state index >= 15 is 0 Å². The summed E-state index contributed by atoms with van der Waals surface area (Å²) in [5.74, 6) is -0.0589. The Kier molecular flexibility index (Phi) is 6.10. The lowest BCUT2D eigenvalue weighted by molar-refractivity contribution is 0.0988. The SMILES string of the molecule is C=CCCCN(C)S(=O)(=O)c1cccc(C(=O)CC)c1. The predicted octanol–water partition coefficient (Wildman–Crippen LogP) is 2.87. The molecule has 0 atom stereocenters. The lowest BCUT2D eigenvalue weighted by atomic mass is 10.1. The van der Waals surface area contributed by atoms with Crippen LogP contribution in [0.3, 0.4) is 0 Å². The Labute approximate surface area is 121 Å². The number of hydrogen-bond donors (Lipinski definition) is 0. The van der Waals surface area contributed by atoms with Gasteiger partial charge in [0.15, 0.2) is 5.78 Å². The largest absolute Gasteiger partial charge is 0.294 e. The van der Waals surface area contributed by atoms with Gasteiger partial charge < -0.3 is 0 Å². The molecule has 1 aromatic rings. The third-order valence-electron chi connectivity index (χ3n) is 3.07. The molecule has 0 aromatic heterocycles. The van der Waals surface area contributed by atoms with Crippen LogP contribution in [0.1, 0.15) is 36.5 Å². The number of carbonyl (C=O) groups excluding carboxylic acids is 1. The molecule has 110 valence electrons. The predicted molar refractivity (Wildman–Crippen MR) is 80.3 cm³/mol. The second kappa shape index (κ2) is 7.36. The second-order valence-electron chi connectivity index (χ2n) is 4.56. The van der Waals surface area contributed by atoms with Crippen molar-refractivity contribution >= 4 is 15.8 Å². The van der Waals surface area contributed by atoms with Crippen LogP contribution in [0.15, 0.2) is 41.8 Å². The van der Waals surface area contributed by atoms with Gasteiger partial charge in [-0.3, -0.25) is 4.79 Å². The Balaban J connectivity index is 2.97. The molecule has 0 spiro atoms. The molecule has 0 N–H and O–H groups in total. The van der Waals surface area contributed by atoms with Gasteiger partial charge in [0.25, 0.3) is 0 Å². The van der Waals surface area contributed by atoms with Gasteiger partial charge in [0.2, 0.25) is 10.0 Å². The van der Waals surface area contributed by atoms with Crippen LogP contribution in [0.4, 0.5) is 0 Å². The zero-order valence-electron chi connectivity index (χ0n) is 12.0. The van der Waals surface area contributed by atoms with Gasteiger partial charge in [0.1, 0.15) is 0 Å². The minimum atomic E-state index is -3.54. The molecule has 0 unspecified atom stereocenters. The number of nitrogens with zero attached hydrogens (tertiary/aromatic N) is 1. The smallest absolute Gasteiger partial charge is 0.242 e. The quantitative estimate of drug-likeness (QED) is 0.421. The van der Waals surface area contributed by atoms with E-state index in [4.69, 9.17) is 0 Å². The van der Waals surface area contributed by atoms with E-state index in [1.54, 1.807) is 32.2 Å². The molecular weight excluding hydrogens is 274 g/mol. The van der Waals surface area contributed by atoms with Gasteiger partial charge in [-0.05, 0) is 25.0 Å². The van der Waals surface area contributed by atoms with Crippen molar-refractivity contribution in [2.75, 3.05) is 13.6 Å². The highest BCUT2D eigenvalue weighted by atomic mass is 32.2. The summed E-state index contributed by atoms with van der Waals surface area (Å²) in [6, 6.07) is 6.22. The molecule has 1 rings (SSSR count). The summed E-state index contributed by atoms with van der Waals surface area (Å²) >= 11 is 0. The maximum atomic E-state index is 12.4. The van der Waals surface area contributed by atoms with E-state index in [0.29, 0.717) is 18.5 Å². The Hall–Kier alpha value is -1.46. The molecule has 0 aliphatic rings. The molecule has 0 saturated heterocycles. The van der Waals surface area contributed by atoms with Crippen LogP contribution in [-0.2, 0) is 10.0 Å². The van der Waals surface area contributed by atoms with Gasteiger partial charge in [-0.1, -0.05) is 25.1 Å². The standard InChI is InChI=1S/C15H21NO3S/c1-4-6-7-11-16(3)20(18,19)14-10-8-9-13(12-14)15(17)5-2/h4,8-10,12H,1,5-7,11H2,2-3H3. The Morgan fingerprint density at radius 2 is 2.10 bits per heavy atom. The van der Waals surface area contributed by atoms with E-state index in [2.05, 4.69) is 6.58 Å². The second-order valence-corrected chi connectivity index (χ2v) is 6.61. The number of allylic oxidation sites excluding steroid dienone is 1. The molecule has 0 radical (unpaired) electrons. The molecule has 0 saturated carbocycles. The number of benzene rings is 1. The van der Waals surface area contributed by atoms with Crippen LogP contribution in [-0.4, -0.2) is 32.1 Å². The highest BCUT2D eigenvalue weighted by Crippen LogP contribution is 2.17. The number of ketones is 1. The third kappa shape index (κ3) is 4.02. The van der Waals surface area contributed by atoms with Crippen molar-refractivity contribution in [3.05, 3.63) is 42.5 Å². The molecule has 4 nitrogen and oxygen atoms in total. The highest BCUT2D eigenvalue weighted by Gasteiger charge is 2.21. The maximum Gasteiger partial charge on any atom is 0.242 e. The van der Waals surface area contributed by atoms with Crippen LogP contribution in [0.25, 0.3) is 0 Å². The fourth-order valence-electron chi connectivity index (χ4n) is 1.79. The molecule has 5 heteroatoms. The molecule has 0 fully saturated rings. The number of sulfonamides is 1. The molecule has 1 aromatic carbocycles. The van der Waals surface area contributed by atoms with Crippen molar-refractivity contribution in [2.45, 2.75) is 31.1 Å². The van der Waals surface area contributed by atoms with Gasteiger partial charge in [-0.25, -0.2) is 12.7 Å². The van der Waals surface area contributed by atoms with Crippen LogP contribution in [0.2, 0.25) is 0 Å². The topological polar surface area (TPSA) is 54.5 Å². The zero-order chi connectivity index (χ0) is 15.2. The van der Waals surface area contributed by atoms with Crippen molar-refractivity contribution in [1.82, 2.24) is 4.31 Å². The number of carbonyl (C=O) groups is 1. The molecule has 20 heavy (non-hydrogen) atoms. The summed E-state index contributed by atoms with van der Waals surface area (Å²) < 4.78 is 26.1. The monoisotopic (exact) mass is 295 g/mol. The fourth-order valence-corrected chi connectivity index (χ4v) is 3.05. The summed E-state index contributed by atoms with van der Waals surface area (Å²) in [5, 5.41) is 0. The van der Waals surface area contributed by atoms with Crippen LogP contribution in [0, 0.1) is 0 Å². The fraction of sp³-hybridized carbons (Fsp3) is 0.400. The summed E-state index contributed by atoms with van der Waals surface area (Å²) in [6.45, 7) is 5.80. The molecule has 0 aliphatic carbocycles. The molecule has 0 heterocycles. The van der Waals surface area contributed by atoms with Gasteiger partial charge in [-0.2, -0.15) is 0 Å². The summed E-state index contributed by atoms with van der Waals surface area (Å²) in [6.07, 6.45) is 3.63.